The fourth-order valence-corrected chi connectivity index (χ4v) is 3.45. The molecule has 25 heavy (non-hydrogen) atoms. The Morgan fingerprint density at radius 2 is 2.00 bits per heavy atom. The smallest absolute Gasteiger partial charge is 0.245 e. The van der Waals surface area contributed by atoms with Crippen LogP contribution in [0.5, 0.6) is 0 Å². The van der Waals surface area contributed by atoms with Gasteiger partial charge in [0, 0.05) is 45.4 Å². The van der Waals surface area contributed by atoms with E-state index in [1.54, 1.807) is 25.3 Å². The fourth-order valence-electron chi connectivity index (χ4n) is 2.82. The van der Waals surface area contributed by atoms with Crippen molar-refractivity contribution in [3.63, 3.8) is 0 Å². The average molecular weight is 370 g/mol. The molecule has 1 aromatic heterocycles. The number of aromatic nitrogens is 1. The molecule has 0 radical (unpaired) electrons. The van der Waals surface area contributed by atoms with Crippen molar-refractivity contribution in [2.24, 2.45) is 0 Å². The molecule has 2 N–H and O–H groups in total. The van der Waals surface area contributed by atoms with E-state index in [-0.39, 0.29) is 11.8 Å². The van der Waals surface area contributed by atoms with Crippen molar-refractivity contribution in [3.05, 3.63) is 11.6 Å². The molecule has 8 nitrogen and oxygen atoms in total. The largest absolute Gasteiger partial charge is 0.384 e. The highest BCUT2D eigenvalue weighted by Gasteiger charge is 2.42. The van der Waals surface area contributed by atoms with Crippen LogP contribution in [0.25, 0.3) is 0 Å². The normalized spacial score (nSPS) is 16.5. The molecule has 0 saturated carbocycles. The molecule has 0 unspecified atom stereocenters. The van der Waals surface area contributed by atoms with Gasteiger partial charge < -0.3 is 25.0 Å². The third-order valence-electron chi connectivity index (χ3n) is 4.29. The minimum absolute atomic E-state index is 0.0597. The van der Waals surface area contributed by atoms with Gasteiger partial charge in [0.15, 0.2) is 5.13 Å². The standard InChI is InChI=1S/C16H26N4O4S/c1-23-10-3-13(21)20-8-4-16(5-9-20,14(22)17-6-11-24-2)19-15-18-7-12-25-15/h7,12H,3-6,8-11H2,1-2H3,(H,17,22)(H,18,19). The van der Waals surface area contributed by atoms with Gasteiger partial charge in [-0.1, -0.05) is 0 Å². The maximum atomic E-state index is 12.8. The number of likely N-dealkylation sites (tertiary alicyclic amines) is 1. The molecule has 0 bridgehead atoms. The lowest BCUT2D eigenvalue weighted by Gasteiger charge is -2.41. The second-order valence-corrected chi connectivity index (χ2v) is 6.81. The zero-order valence-corrected chi connectivity index (χ0v) is 15.6. The number of piperidine rings is 1. The second-order valence-electron chi connectivity index (χ2n) is 5.92. The predicted octanol–water partition coefficient (Wildman–Crippen LogP) is 0.715. The summed E-state index contributed by atoms with van der Waals surface area (Å²) in [6, 6.07) is 0. The molecule has 9 heteroatoms. The van der Waals surface area contributed by atoms with E-state index >= 15 is 0 Å². The number of nitrogens with one attached hydrogen (secondary N) is 2. The van der Waals surface area contributed by atoms with Gasteiger partial charge in [-0.05, 0) is 12.8 Å². The highest BCUT2D eigenvalue weighted by atomic mass is 32.1. The Balaban J connectivity index is 2.01. The zero-order chi connectivity index (χ0) is 18.1. The van der Waals surface area contributed by atoms with Crippen molar-refractivity contribution in [2.75, 3.05) is 52.4 Å². The summed E-state index contributed by atoms with van der Waals surface area (Å²) in [5.41, 5.74) is -0.760. The summed E-state index contributed by atoms with van der Waals surface area (Å²) in [6.45, 7) is 2.38. The van der Waals surface area contributed by atoms with Crippen molar-refractivity contribution < 1.29 is 19.1 Å². The Kier molecular flexibility index (Phi) is 7.60. The minimum Gasteiger partial charge on any atom is -0.384 e. The van der Waals surface area contributed by atoms with Crippen molar-refractivity contribution in [1.82, 2.24) is 15.2 Å². The number of nitrogens with zero attached hydrogens (tertiary/aromatic N) is 2. The van der Waals surface area contributed by atoms with Crippen LogP contribution in [0.3, 0.4) is 0 Å². The molecule has 2 heterocycles. The van der Waals surface area contributed by atoms with Gasteiger partial charge in [0.05, 0.1) is 19.6 Å². The van der Waals surface area contributed by atoms with E-state index in [2.05, 4.69) is 15.6 Å². The number of hydrogen-bond donors (Lipinski definition) is 2. The molecule has 1 saturated heterocycles. The van der Waals surface area contributed by atoms with Gasteiger partial charge in [-0.15, -0.1) is 11.3 Å². The third-order valence-corrected chi connectivity index (χ3v) is 4.98. The van der Waals surface area contributed by atoms with Crippen LogP contribution in [0.1, 0.15) is 19.3 Å². The van der Waals surface area contributed by atoms with Gasteiger partial charge in [-0.3, -0.25) is 9.59 Å². The number of thiazole rings is 1. The van der Waals surface area contributed by atoms with Crippen LogP contribution in [0.4, 0.5) is 5.13 Å². The summed E-state index contributed by atoms with van der Waals surface area (Å²) in [6.07, 6.45) is 3.13. The van der Waals surface area contributed by atoms with Gasteiger partial charge in [0.25, 0.3) is 0 Å². The minimum atomic E-state index is -0.760. The van der Waals surface area contributed by atoms with Gasteiger partial charge in [0.1, 0.15) is 5.54 Å². The van der Waals surface area contributed by atoms with E-state index in [0.29, 0.717) is 57.2 Å². The maximum Gasteiger partial charge on any atom is 0.245 e. The molecule has 0 spiro atoms. The molecule has 1 fully saturated rings. The molecule has 1 aromatic rings. The molecule has 0 aromatic carbocycles. The summed E-state index contributed by atoms with van der Waals surface area (Å²) >= 11 is 1.46. The van der Waals surface area contributed by atoms with Crippen molar-refractivity contribution in [3.8, 4) is 0 Å². The Morgan fingerprint density at radius 3 is 2.60 bits per heavy atom. The van der Waals surface area contributed by atoms with Crippen LogP contribution in [-0.2, 0) is 19.1 Å². The molecule has 2 amide bonds. The van der Waals surface area contributed by atoms with Crippen molar-refractivity contribution >= 4 is 28.3 Å². The SMILES string of the molecule is COCCNC(=O)C1(Nc2nccs2)CCN(C(=O)CCOC)CC1. The van der Waals surface area contributed by atoms with Gasteiger partial charge in [0.2, 0.25) is 11.8 Å². The molecule has 0 aliphatic carbocycles. The quantitative estimate of drug-likeness (QED) is 0.622. The van der Waals surface area contributed by atoms with Crippen LogP contribution in [0.2, 0.25) is 0 Å². The van der Waals surface area contributed by atoms with Gasteiger partial charge in [-0.25, -0.2) is 4.98 Å². The van der Waals surface area contributed by atoms with Crippen LogP contribution >= 0.6 is 11.3 Å². The molecule has 0 atom stereocenters. The van der Waals surface area contributed by atoms with E-state index in [1.807, 2.05) is 5.38 Å². The molecule has 2 rings (SSSR count). The van der Waals surface area contributed by atoms with Crippen LogP contribution in [0, 0.1) is 0 Å². The van der Waals surface area contributed by atoms with E-state index in [4.69, 9.17) is 9.47 Å². The monoisotopic (exact) mass is 370 g/mol. The van der Waals surface area contributed by atoms with Gasteiger partial charge in [-0.2, -0.15) is 0 Å². The predicted molar refractivity (Wildman–Crippen MR) is 95.7 cm³/mol. The molecule has 1 aliphatic heterocycles. The number of ether oxygens (including phenoxy) is 2. The summed E-state index contributed by atoms with van der Waals surface area (Å²) in [5.74, 6) is -0.0202. The summed E-state index contributed by atoms with van der Waals surface area (Å²) in [5, 5.41) is 8.78. The van der Waals surface area contributed by atoms with Crippen LogP contribution < -0.4 is 10.6 Å². The summed E-state index contributed by atoms with van der Waals surface area (Å²) in [7, 11) is 3.18. The van der Waals surface area contributed by atoms with E-state index < -0.39 is 5.54 Å². The van der Waals surface area contributed by atoms with Gasteiger partial charge >= 0.3 is 0 Å². The van der Waals surface area contributed by atoms with Crippen molar-refractivity contribution in [2.45, 2.75) is 24.8 Å². The van der Waals surface area contributed by atoms with E-state index in [9.17, 15) is 9.59 Å². The lowest BCUT2D eigenvalue weighted by molar-refractivity contribution is -0.136. The zero-order valence-electron chi connectivity index (χ0n) is 14.7. The van der Waals surface area contributed by atoms with E-state index in [0.717, 1.165) is 0 Å². The van der Waals surface area contributed by atoms with Crippen LogP contribution in [-0.4, -0.2) is 74.3 Å². The number of rotatable bonds is 9. The number of methoxy groups -OCH3 is 2. The number of hydrogen-bond acceptors (Lipinski definition) is 7. The third kappa shape index (κ3) is 5.38. The van der Waals surface area contributed by atoms with Crippen LogP contribution in [0.15, 0.2) is 11.6 Å². The first-order valence-electron chi connectivity index (χ1n) is 8.33. The lowest BCUT2D eigenvalue weighted by Crippen LogP contribution is -2.59. The second kappa shape index (κ2) is 9.69. The molecular weight excluding hydrogens is 344 g/mol. The first-order chi connectivity index (χ1) is 12.1. The maximum absolute atomic E-state index is 12.8. The first kappa shape index (κ1) is 19.6. The topological polar surface area (TPSA) is 92.8 Å². The van der Waals surface area contributed by atoms with Crippen molar-refractivity contribution in [1.29, 1.82) is 0 Å². The highest BCUT2D eigenvalue weighted by Crippen LogP contribution is 2.28. The molecular formula is C16H26N4O4S. The number of amides is 2. The Morgan fingerprint density at radius 1 is 1.28 bits per heavy atom. The number of anilines is 1. The highest BCUT2D eigenvalue weighted by molar-refractivity contribution is 7.13. The number of carbonyl (C=O) groups is 2. The van der Waals surface area contributed by atoms with E-state index in [1.165, 1.54) is 11.3 Å². The Bertz CT molecular complexity index is 544. The molecule has 140 valence electrons. The lowest BCUT2D eigenvalue weighted by atomic mass is 9.86. The number of carbonyl (C=O) groups excluding carboxylic acids is 2. The molecule has 1 aliphatic rings. The first-order valence-corrected chi connectivity index (χ1v) is 9.21. The fraction of sp³-hybridized carbons (Fsp3) is 0.688. The Hall–Kier alpha value is -1.71. The Labute approximate surface area is 151 Å². The average Bonchev–Trinajstić information content (AvgIpc) is 3.13. The summed E-state index contributed by atoms with van der Waals surface area (Å²) in [4.78, 5) is 31.0. The summed E-state index contributed by atoms with van der Waals surface area (Å²) < 4.78 is 9.96.